The largest absolute Gasteiger partial charge is 0.261 e. The van der Waals surface area contributed by atoms with Gasteiger partial charge in [0.1, 0.15) is 0 Å². The fourth-order valence-electron chi connectivity index (χ4n) is 1.28. The fourth-order valence-corrected chi connectivity index (χ4v) is 1.28. The second kappa shape index (κ2) is 4.13. The molecule has 0 fully saturated rings. The van der Waals surface area contributed by atoms with Gasteiger partial charge in [0.2, 0.25) is 0 Å². The zero-order chi connectivity index (χ0) is 10.7. The van der Waals surface area contributed by atoms with E-state index in [2.05, 4.69) is 9.97 Å². The maximum absolute atomic E-state index is 12.9. The molecule has 0 saturated heterocycles. The molecule has 1 aromatic heterocycles. The minimum absolute atomic E-state index is 0.449. The lowest BCUT2D eigenvalue weighted by molar-refractivity contribution is 0.507. The molecule has 0 N–H and O–H groups in total. The van der Waals surface area contributed by atoms with Gasteiger partial charge in [-0.2, -0.15) is 0 Å². The summed E-state index contributed by atoms with van der Waals surface area (Å²) in [6.07, 6.45) is 5.18. The number of nitrogens with zero attached hydrogens (tertiary/aromatic N) is 2. The van der Waals surface area contributed by atoms with E-state index < -0.39 is 11.6 Å². The molecule has 0 amide bonds. The van der Waals surface area contributed by atoms with Gasteiger partial charge >= 0.3 is 0 Å². The van der Waals surface area contributed by atoms with Crippen molar-refractivity contribution in [2.75, 3.05) is 0 Å². The molecule has 0 unspecified atom stereocenters. The van der Waals surface area contributed by atoms with Gasteiger partial charge in [-0.15, -0.1) is 0 Å². The number of halogens is 2. The summed E-state index contributed by atoms with van der Waals surface area (Å²) in [5.41, 5.74) is 1.40. The lowest BCUT2D eigenvalue weighted by atomic mass is 10.1. The summed E-state index contributed by atoms with van der Waals surface area (Å²) >= 11 is 0. The molecule has 1 heterocycles. The molecule has 1 aromatic carbocycles. The van der Waals surface area contributed by atoms with Crippen molar-refractivity contribution in [2.45, 2.75) is 6.42 Å². The van der Waals surface area contributed by atoms with Gasteiger partial charge in [-0.05, 0) is 17.7 Å². The highest BCUT2D eigenvalue weighted by atomic mass is 19.2. The van der Waals surface area contributed by atoms with Gasteiger partial charge in [0.25, 0.3) is 0 Å². The molecule has 0 saturated carbocycles. The maximum atomic E-state index is 12.9. The van der Waals surface area contributed by atoms with Crippen LogP contribution >= 0.6 is 0 Å². The van der Waals surface area contributed by atoms with E-state index in [1.165, 1.54) is 12.1 Å². The van der Waals surface area contributed by atoms with Crippen LogP contribution in [0.1, 0.15) is 11.3 Å². The van der Waals surface area contributed by atoms with E-state index in [4.69, 9.17) is 0 Å². The molecular weight excluding hydrogens is 198 g/mol. The second-order valence-corrected chi connectivity index (χ2v) is 3.12. The maximum Gasteiger partial charge on any atom is 0.159 e. The molecule has 15 heavy (non-hydrogen) atoms. The molecular formula is C11H8F2N2. The number of hydrogen-bond acceptors (Lipinski definition) is 2. The molecule has 76 valence electrons. The predicted octanol–water partition coefficient (Wildman–Crippen LogP) is 2.35. The van der Waals surface area contributed by atoms with E-state index in [9.17, 15) is 8.78 Å². The predicted molar refractivity (Wildman–Crippen MR) is 51.2 cm³/mol. The summed E-state index contributed by atoms with van der Waals surface area (Å²) in [5, 5.41) is 0. The molecule has 0 aliphatic heterocycles. The highest BCUT2D eigenvalue weighted by Gasteiger charge is 2.03. The van der Waals surface area contributed by atoms with Crippen molar-refractivity contribution in [1.82, 2.24) is 9.97 Å². The van der Waals surface area contributed by atoms with Crippen molar-refractivity contribution in [1.29, 1.82) is 0 Å². The first-order chi connectivity index (χ1) is 7.25. The summed E-state index contributed by atoms with van der Waals surface area (Å²) in [6, 6.07) is 3.82. The normalized spacial score (nSPS) is 10.3. The molecule has 0 spiro atoms. The van der Waals surface area contributed by atoms with E-state index >= 15 is 0 Å². The summed E-state index contributed by atoms with van der Waals surface area (Å²) < 4.78 is 25.5. The quantitative estimate of drug-likeness (QED) is 0.753. The first-order valence-electron chi connectivity index (χ1n) is 4.44. The lowest BCUT2D eigenvalue weighted by Gasteiger charge is -2.00. The smallest absolute Gasteiger partial charge is 0.159 e. The first kappa shape index (κ1) is 9.71. The SMILES string of the molecule is Fc1ccc(Cc2cnccn2)cc1F. The van der Waals surface area contributed by atoms with E-state index in [-0.39, 0.29) is 0 Å². The van der Waals surface area contributed by atoms with Crippen molar-refractivity contribution >= 4 is 0 Å². The van der Waals surface area contributed by atoms with Crippen LogP contribution in [-0.2, 0) is 6.42 Å². The van der Waals surface area contributed by atoms with Crippen LogP contribution in [0.2, 0.25) is 0 Å². The van der Waals surface area contributed by atoms with Crippen LogP contribution in [0.25, 0.3) is 0 Å². The Hall–Kier alpha value is -1.84. The van der Waals surface area contributed by atoms with Crippen LogP contribution in [0.15, 0.2) is 36.8 Å². The third kappa shape index (κ3) is 2.34. The molecule has 0 bridgehead atoms. The second-order valence-electron chi connectivity index (χ2n) is 3.12. The van der Waals surface area contributed by atoms with Crippen LogP contribution < -0.4 is 0 Å². The van der Waals surface area contributed by atoms with Crippen LogP contribution in [0.4, 0.5) is 8.78 Å². The third-order valence-corrected chi connectivity index (χ3v) is 1.99. The fraction of sp³-hybridized carbons (Fsp3) is 0.0909. The Balaban J connectivity index is 2.22. The number of rotatable bonds is 2. The van der Waals surface area contributed by atoms with Crippen LogP contribution in [-0.4, -0.2) is 9.97 Å². The average molecular weight is 206 g/mol. The molecule has 2 nitrogen and oxygen atoms in total. The number of benzene rings is 1. The molecule has 0 atom stereocenters. The Kier molecular flexibility index (Phi) is 2.67. The van der Waals surface area contributed by atoms with Gasteiger partial charge in [-0.1, -0.05) is 6.07 Å². The highest BCUT2D eigenvalue weighted by molar-refractivity contribution is 5.22. The number of hydrogen-bond donors (Lipinski definition) is 0. The Morgan fingerprint density at radius 1 is 1.07 bits per heavy atom. The highest BCUT2D eigenvalue weighted by Crippen LogP contribution is 2.11. The Labute approximate surface area is 85.6 Å². The molecule has 4 heteroatoms. The van der Waals surface area contributed by atoms with Gasteiger partial charge in [0.15, 0.2) is 11.6 Å². The minimum Gasteiger partial charge on any atom is -0.261 e. The van der Waals surface area contributed by atoms with Crippen molar-refractivity contribution in [2.24, 2.45) is 0 Å². The van der Waals surface area contributed by atoms with E-state index in [0.717, 1.165) is 11.8 Å². The van der Waals surface area contributed by atoms with Gasteiger partial charge in [-0.25, -0.2) is 8.78 Å². The van der Waals surface area contributed by atoms with Crippen LogP contribution in [0.5, 0.6) is 0 Å². The Morgan fingerprint density at radius 2 is 1.93 bits per heavy atom. The number of aromatic nitrogens is 2. The molecule has 0 radical (unpaired) electrons. The molecule has 2 rings (SSSR count). The monoisotopic (exact) mass is 206 g/mol. The lowest BCUT2D eigenvalue weighted by Crippen LogP contribution is -1.94. The average Bonchev–Trinajstić information content (AvgIpc) is 2.25. The summed E-state index contributed by atoms with van der Waals surface area (Å²) in [7, 11) is 0. The zero-order valence-corrected chi connectivity index (χ0v) is 7.82. The topological polar surface area (TPSA) is 25.8 Å². The van der Waals surface area contributed by atoms with Crippen molar-refractivity contribution in [3.05, 3.63) is 59.7 Å². The van der Waals surface area contributed by atoms with E-state index in [0.29, 0.717) is 12.0 Å². The van der Waals surface area contributed by atoms with Gasteiger partial charge < -0.3 is 0 Å². The first-order valence-corrected chi connectivity index (χ1v) is 4.44. The summed E-state index contributed by atoms with van der Waals surface area (Å²) in [6.45, 7) is 0. The molecule has 0 aliphatic rings. The zero-order valence-electron chi connectivity index (χ0n) is 7.82. The van der Waals surface area contributed by atoms with Gasteiger partial charge in [0.05, 0.1) is 5.69 Å². The summed E-state index contributed by atoms with van der Waals surface area (Å²) in [4.78, 5) is 7.94. The van der Waals surface area contributed by atoms with Crippen LogP contribution in [0.3, 0.4) is 0 Å². The minimum atomic E-state index is -0.837. The molecule has 0 aliphatic carbocycles. The standard InChI is InChI=1S/C11H8F2N2/c12-10-2-1-8(6-11(10)13)5-9-7-14-3-4-15-9/h1-4,6-7H,5H2. The van der Waals surface area contributed by atoms with Gasteiger partial charge in [-0.3, -0.25) is 9.97 Å². The van der Waals surface area contributed by atoms with Crippen molar-refractivity contribution < 1.29 is 8.78 Å². The van der Waals surface area contributed by atoms with E-state index in [1.807, 2.05) is 0 Å². The van der Waals surface area contributed by atoms with Crippen molar-refractivity contribution in [3.63, 3.8) is 0 Å². The Morgan fingerprint density at radius 3 is 2.60 bits per heavy atom. The molecule has 2 aromatic rings. The van der Waals surface area contributed by atoms with E-state index in [1.54, 1.807) is 18.6 Å². The summed E-state index contributed by atoms with van der Waals surface area (Å²) in [5.74, 6) is -1.67. The van der Waals surface area contributed by atoms with Crippen molar-refractivity contribution in [3.8, 4) is 0 Å². The Bertz CT molecular complexity index is 457. The van der Waals surface area contributed by atoms with Crippen LogP contribution in [0, 0.1) is 11.6 Å². The third-order valence-electron chi connectivity index (χ3n) is 1.99. The van der Waals surface area contributed by atoms with Gasteiger partial charge in [0, 0.05) is 25.0 Å².